The number of nitrogens with one attached hydrogen (secondary N) is 1. The first kappa shape index (κ1) is 14.0. The van der Waals surface area contributed by atoms with Crippen molar-refractivity contribution >= 4 is 5.69 Å². The van der Waals surface area contributed by atoms with Crippen molar-refractivity contribution in [3.05, 3.63) is 53.3 Å². The highest BCUT2D eigenvalue weighted by Crippen LogP contribution is 2.25. The summed E-state index contributed by atoms with van der Waals surface area (Å²) >= 11 is 0. The molecular weight excluding hydrogens is 271 g/mol. The van der Waals surface area contributed by atoms with Crippen LogP contribution < -0.4 is 10.1 Å². The van der Waals surface area contributed by atoms with Crippen molar-refractivity contribution in [1.29, 1.82) is 0 Å². The van der Waals surface area contributed by atoms with Crippen LogP contribution in [-0.2, 0) is 6.54 Å². The molecule has 3 nitrogen and oxygen atoms in total. The van der Waals surface area contributed by atoms with E-state index in [0.717, 1.165) is 6.07 Å². The molecule has 0 saturated carbocycles. The van der Waals surface area contributed by atoms with Gasteiger partial charge >= 0.3 is 0 Å². The molecule has 0 amide bonds. The van der Waals surface area contributed by atoms with Crippen molar-refractivity contribution in [2.75, 3.05) is 12.4 Å². The van der Waals surface area contributed by atoms with Crippen LogP contribution in [0.15, 0.2) is 30.3 Å². The molecular formula is C14H12F3NO2. The predicted octanol–water partition coefficient (Wildman–Crippen LogP) is 3.43. The number of phenolic OH excluding ortho intramolecular Hbond substituents is 1. The van der Waals surface area contributed by atoms with Crippen LogP contribution in [0.1, 0.15) is 5.56 Å². The number of hydrogen-bond donors (Lipinski definition) is 2. The second-order valence-corrected chi connectivity index (χ2v) is 4.09. The SMILES string of the molecule is COc1ccc(O)c(CNc2cc(F)c(F)cc2F)c1. The van der Waals surface area contributed by atoms with E-state index in [1.165, 1.54) is 13.2 Å². The molecule has 0 spiro atoms. The molecule has 0 bridgehead atoms. The summed E-state index contributed by atoms with van der Waals surface area (Å²) in [7, 11) is 1.47. The van der Waals surface area contributed by atoms with Gasteiger partial charge in [-0.05, 0) is 18.2 Å². The van der Waals surface area contributed by atoms with Gasteiger partial charge in [0.05, 0.1) is 12.8 Å². The molecule has 0 aliphatic heterocycles. The highest BCUT2D eigenvalue weighted by atomic mass is 19.2. The van der Waals surface area contributed by atoms with Crippen LogP contribution in [0.2, 0.25) is 0 Å². The van der Waals surface area contributed by atoms with E-state index in [-0.39, 0.29) is 18.0 Å². The highest BCUT2D eigenvalue weighted by Gasteiger charge is 2.10. The van der Waals surface area contributed by atoms with E-state index in [4.69, 9.17) is 4.74 Å². The third kappa shape index (κ3) is 2.96. The third-order valence-electron chi connectivity index (χ3n) is 2.77. The molecule has 2 N–H and O–H groups in total. The van der Waals surface area contributed by atoms with E-state index in [1.54, 1.807) is 12.1 Å². The van der Waals surface area contributed by atoms with E-state index in [9.17, 15) is 18.3 Å². The molecule has 6 heteroatoms. The monoisotopic (exact) mass is 283 g/mol. The Balaban J connectivity index is 2.18. The lowest BCUT2D eigenvalue weighted by molar-refractivity contribution is 0.411. The molecule has 0 radical (unpaired) electrons. The standard InChI is InChI=1S/C14H12F3NO2/c1-20-9-2-3-14(19)8(4-9)7-18-13-6-11(16)10(15)5-12(13)17/h2-6,18-19H,7H2,1H3. The lowest BCUT2D eigenvalue weighted by Crippen LogP contribution is -2.03. The first-order chi connectivity index (χ1) is 9.51. The molecule has 20 heavy (non-hydrogen) atoms. The van der Waals surface area contributed by atoms with Gasteiger partial charge in [0, 0.05) is 24.2 Å². The van der Waals surface area contributed by atoms with Crippen LogP contribution in [0.25, 0.3) is 0 Å². The summed E-state index contributed by atoms with van der Waals surface area (Å²) in [6.07, 6.45) is 0. The molecule has 0 unspecified atom stereocenters. The molecule has 0 fully saturated rings. The number of methoxy groups -OCH3 is 1. The Kier molecular flexibility index (Phi) is 4.02. The fourth-order valence-corrected chi connectivity index (χ4v) is 1.68. The topological polar surface area (TPSA) is 41.5 Å². The fourth-order valence-electron chi connectivity index (χ4n) is 1.68. The van der Waals surface area contributed by atoms with Gasteiger partial charge in [-0.1, -0.05) is 0 Å². The van der Waals surface area contributed by atoms with E-state index in [0.29, 0.717) is 17.4 Å². The summed E-state index contributed by atoms with van der Waals surface area (Å²) in [5.41, 5.74) is 0.250. The average molecular weight is 283 g/mol. The van der Waals surface area contributed by atoms with Crippen molar-refractivity contribution in [2.45, 2.75) is 6.54 Å². The quantitative estimate of drug-likeness (QED) is 0.845. The number of benzene rings is 2. The molecule has 2 aromatic carbocycles. The van der Waals surface area contributed by atoms with Gasteiger partial charge in [0.15, 0.2) is 11.6 Å². The number of hydrogen-bond acceptors (Lipinski definition) is 3. The van der Waals surface area contributed by atoms with Crippen LogP contribution in [0.4, 0.5) is 18.9 Å². The maximum absolute atomic E-state index is 13.4. The molecule has 0 aliphatic carbocycles. The van der Waals surface area contributed by atoms with E-state index < -0.39 is 17.5 Å². The number of anilines is 1. The summed E-state index contributed by atoms with van der Waals surface area (Å²) < 4.78 is 44.2. The largest absolute Gasteiger partial charge is 0.508 e. The minimum absolute atomic E-state index is 0.0127. The second-order valence-electron chi connectivity index (χ2n) is 4.09. The van der Waals surface area contributed by atoms with Gasteiger partial charge in [-0.3, -0.25) is 0 Å². The van der Waals surface area contributed by atoms with E-state index in [1.807, 2.05) is 0 Å². The summed E-state index contributed by atoms with van der Waals surface area (Å²) in [5, 5.41) is 12.2. The molecule has 0 aliphatic rings. The van der Waals surface area contributed by atoms with Gasteiger partial charge < -0.3 is 15.2 Å². The summed E-state index contributed by atoms with van der Waals surface area (Å²) in [6.45, 7) is 0.0328. The van der Waals surface area contributed by atoms with Crippen molar-refractivity contribution in [3.8, 4) is 11.5 Å². The van der Waals surface area contributed by atoms with Crippen LogP contribution in [-0.4, -0.2) is 12.2 Å². The molecule has 0 saturated heterocycles. The van der Waals surface area contributed by atoms with E-state index >= 15 is 0 Å². The van der Waals surface area contributed by atoms with Gasteiger partial charge in [0.1, 0.15) is 17.3 Å². The number of phenols is 1. The number of halogens is 3. The first-order valence-corrected chi connectivity index (χ1v) is 5.75. The van der Waals surface area contributed by atoms with Crippen molar-refractivity contribution in [3.63, 3.8) is 0 Å². The summed E-state index contributed by atoms with van der Waals surface area (Å²) in [5.74, 6) is -2.81. The molecule has 2 rings (SSSR count). The Morgan fingerprint density at radius 2 is 1.75 bits per heavy atom. The Labute approximate surface area is 113 Å². The molecule has 0 atom stereocenters. The zero-order valence-corrected chi connectivity index (χ0v) is 10.6. The van der Waals surface area contributed by atoms with Gasteiger partial charge in [-0.2, -0.15) is 0 Å². The summed E-state index contributed by atoms with van der Waals surface area (Å²) in [6, 6.07) is 5.74. The smallest absolute Gasteiger partial charge is 0.161 e. The minimum atomic E-state index is -1.25. The normalized spacial score (nSPS) is 10.4. The van der Waals surface area contributed by atoms with Crippen molar-refractivity contribution in [2.24, 2.45) is 0 Å². The Hall–Kier alpha value is -2.37. The van der Waals surface area contributed by atoms with Gasteiger partial charge in [0.25, 0.3) is 0 Å². The first-order valence-electron chi connectivity index (χ1n) is 5.75. The Bertz CT molecular complexity index is 632. The van der Waals surface area contributed by atoms with Gasteiger partial charge in [0.2, 0.25) is 0 Å². The van der Waals surface area contributed by atoms with E-state index in [2.05, 4.69) is 5.32 Å². The number of ether oxygens (including phenoxy) is 1. The van der Waals surface area contributed by atoms with Crippen molar-refractivity contribution < 1.29 is 23.0 Å². The highest BCUT2D eigenvalue weighted by molar-refractivity contribution is 5.48. The maximum atomic E-state index is 13.4. The lowest BCUT2D eigenvalue weighted by atomic mass is 10.2. The van der Waals surface area contributed by atoms with Gasteiger partial charge in [-0.25, -0.2) is 13.2 Å². The number of aromatic hydroxyl groups is 1. The summed E-state index contributed by atoms with van der Waals surface area (Å²) in [4.78, 5) is 0. The lowest BCUT2D eigenvalue weighted by Gasteiger charge is -2.10. The predicted molar refractivity (Wildman–Crippen MR) is 68.3 cm³/mol. The average Bonchev–Trinajstić information content (AvgIpc) is 2.43. The zero-order valence-electron chi connectivity index (χ0n) is 10.6. The van der Waals surface area contributed by atoms with Crippen LogP contribution >= 0.6 is 0 Å². The molecule has 0 aromatic heterocycles. The van der Waals surface area contributed by atoms with Crippen LogP contribution in [0, 0.1) is 17.5 Å². The van der Waals surface area contributed by atoms with Gasteiger partial charge in [-0.15, -0.1) is 0 Å². The van der Waals surface area contributed by atoms with Crippen LogP contribution in [0.5, 0.6) is 11.5 Å². The minimum Gasteiger partial charge on any atom is -0.508 e. The molecule has 0 heterocycles. The fraction of sp³-hybridized carbons (Fsp3) is 0.143. The molecule has 2 aromatic rings. The number of rotatable bonds is 4. The zero-order chi connectivity index (χ0) is 14.7. The second kappa shape index (κ2) is 5.73. The Morgan fingerprint density at radius 3 is 2.45 bits per heavy atom. The van der Waals surface area contributed by atoms with Crippen LogP contribution in [0.3, 0.4) is 0 Å². The molecule has 106 valence electrons. The third-order valence-corrected chi connectivity index (χ3v) is 2.77. The Morgan fingerprint density at radius 1 is 1.05 bits per heavy atom. The maximum Gasteiger partial charge on any atom is 0.161 e. The van der Waals surface area contributed by atoms with Crippen molar-refractivity contribution in [1.82, 2.24) is 0 Å².